The highest BCUT2D eigenvalue weighted by Crippen LogP contribution is 2.48. The first kappa shape index (κ1) is 23.4. The molecule has 0 bridgehead atoms. The number of nitrogens with zero attached hydrogens (tertiary/aromatic N) is 1. The number of rotatable bonds is 3. The van der Waals surface area contributed by atoms with Crippen molar-refractivity contribution < 1.29 is 22.8 Å². The number of hydrogen-bond donors (Lipinski definition) is 1. The monoisotopic (exact) mass is 496 g/mol. The second-order valence-electron chi connectivity index (χ2n) is 8.72. The van der Waals surface area contributed by atoms with Gasteiger partial charge in [-0.1, -0.05) is 37.3 Å². The van der Waals surface area contributed by atoms with Gasteiger partial charge in [0, 0.05) is 34.9 Å². The van der Waals surface area contributed by atoms with Crippen LogP contribution in [0.5, 0.6) is 0 Å². The molecule has 1 aliphatic heterocycles. The molecular weight excluding hydrogens is 473 g/mol. The summed E-state index contributed by atoms with van der Waals surface area (Å²) in [6.45, 7) is 1.73. The summed E-state index contributed by atoms with van der Waals surface area (Å²) in [5.74, 6) is -0.322. The molecule has 1 amide bonds. The van der Waals surface area contributed by atoms with E-state index in [0.717, 1.165) is 17.0 Å². The summed E-state index contributed by atoms with van der Waals surface area (Å²) < 4.78 is 39.8. The number of amides is 1. The van der Waals surface area contributed by atoms with E-state index in [0.29, 0.717) is 34.6 Å². The summed E-state index contributed by atoms with van der Waals surface area (Å²) in [5.41, 5.74) is 2.13. The third-order valence-electron chi connectivity index (χ3n) is 6.56. The molecule has 35 heavy (non-hydrogen) atoms. The van der Waals surface area contributed by atoms with Gasteiger partial charge in [0.2, 0.25) is 5.91 Å². The highest BCUT2D eigenvalue weighted by Gasteiger charge is 2.41. The highest BCUT2D eigenvalue weighted by molar-refractivity contribution is 7.10. The average Bonchev–Trinajstić information content (AvgIpc) is 3.33. The Balaban J connectivity index is 1.70. The van der Waals surface area contributed by atoms with Gasteiger partial charge in [-0.15, -0.1) is 11.3 Å². The summed E-state index contributed by atoms with van der Waals surface area (Å²) >= 11 is 1.60. The summed E-state index contributed by atoms with van der Waals surface area (Å²) in [5, 5.41) is 5.40. The molecule has 2 atom stereocenters. The van der Waals surface area contributed by atoms with Crippen molar-refractivity contribution in [3.05, 3.63) is 93.3 Å². The van der Waals surface area contributed by atoms with Gasteiger partial charge >= 0.3 is 6.18 Å². The second kappa shape index (κ2) is 9.00. The van der Waals surface area contributed by atoms with Gasteiger partial charge in [0.15, 0.2) is 5.78 Å². The van der Waals surface area contributed by atoms with Crippen LogP contribution in [0.25, 0.3) is 0 Å². The summed E-state index contributed by atoms with van der Waals surface area (Å²) in [7, 11) is 0. The van der Waals surface area contributed by atoms with E-state index in [1.807, 2.05) is 29.6 Å². The molecule has 0 spiro atoms. The average molecular weight is 497 g/mol. The normalized spacial score (nSPS) is 20.1. The molecule has 1 N–H and O–H groups in total. The quantitative estimate of drug-likeness (QED) is 0.422. The largest absolute Gasteiger partial charge is 0.416 e. The number of ketones is 1. The molecular formula is C27H23F3N2O2S. The van der Waals surface area contributed by atoms with Crippen molar-refractivity contribution in [1.29, 1.82) is 0 Å². The molecule has 0 unspecified atom stereocenters. The smallest absolute Gasteiger partial charge is 0.357 e. The molecule has 0 saturated carbocycles. The molecule has 0 radical (unpaired) electrons. The van der Waals surface area contributed by atoms with Gasteiger partial charge in [-0.05, 0) is 47.7 Å². The van der Waals surface area contributed by atoms with Gasteiger partial charge < -0.3 is 5.32 Å². The number of carbonyl (C=O) groups excluding carboxylic acids is 2. The van der Waals surface area contributed by atoms with Crippen LogP contribution in [0.1, 0.15) is 54.1 Å². The Morgan fingerprint density at radius 1 is 1.06 bits per heavy atom. The lowest BCUT2D eigenvalue weighted by atomic mass is 9.80. The van der Waals surface area contributed by atoms with Crippen molar-refractivity contribution in [2.24, 2.45) is 0 Å². The summed E-state index contributed by atoms with van der Waals surface area (Å²) in [4.78, 5) is 29.7. The predicted molar refractivity (Wildman–Crippen MR) is 130 cm³/mol. The van der Waals surface area contributed by atoms with Crippen LogP contribution in [-0.2, 0) is 15.8 Å². The summed E-state index contributed by atoms with van der Waals surface area (Å²) in [6.07, 6.45) is -3.45. The number of anilines is 2. The maximum Gasteiger partial charge on any atom is 0.416 e. The van der Waals surface area contributed by atoms with E-state index < -0.39 is 17.8 Å². The van der Waals surface area contributed by atoms with Crippen LogP contribution in [0.4, 0.5) is 24.5 Å². The van der Waals surface area contributed by atoms with Crippen molar-refractivity contribution in [2.75, 3.05) is 10.2 Å². The number of fused-ring (bicyclic) bond motifs is 1. The zero-order valence-corrected chi connectivity index (χ0v) is 19.7. The fourth-order valence-corrected chi connectivity index (χ4v) is 5.76. The van der Waals surface area contributed by atoms with Gasteiger partial charge in [0.1, 0.15) is 0 Å². The molecule has 0 fully saturated rings. The maximum absolute atomic E-state index is 13.7. The molecule has 1 aromatic heterocycles. The molecule has 2 aromatic carbocycles. The Morgan fingerprint density at radius 2 is 1.80 bits per heavy atom. The Labute approximate surface area is 205 Å². The number of alkyl halides is 3. The first-order valence-electron chi connectivity index (χ1n) is 11.4. The molecule has 8 heteroatoms. The van der Waals surface area contributed by atoms with Gasteiger partial charge in [-0.2, -0.15) is 13.2 Å². The van der Waals surface area contributed by atoms with Crippen molar-refractivity contribution in [3.63, 3.8) is 0 Å². The van der Waals surface area contributed by atoms with E-state index in [-0.39, 0.29) is 30.4 Å². The maximum atomic E-state index is 13.7. The minimum absolute atomic E-state index is 0.00240. The Morgan fingerprint density at radius 3 is 2.46 bits per heavy atom. The van der Waals surface area contributed by atoms with E-state index >= 15 is 0 Å². The molecule has 2 heterocycles. The van der Waals surface area contributed by atoms with Crippen molar-refractivity contribution in [2.45, 2.75) is 44.3 Å². The number of allylic oxidation sites excluding steroid dienone is 1. The number of nitrogens with one attached hydrogen (secondary N) is 1. The molecule has 1 aliphatic carbocycles. The van der Waals surface area contributed by atoms with Crippen LogP contribution in [0.2, 0.25) is 0 Å². The molecule has 2 aliphatic rings. The first-order chi connectivity index (χ1) is 16.8. The fourth-order valence-electron chi connectivity index (χ4n) is 4.93. The van der Waals surface area contributed by atoms with E-state index in [2.05, 4.69) is 5.32 Å². The molecule has 0 saturated heterocycles. The lowest BCUT2D eigenvalue weighted by molar-refractivity contribution is -0.137. The van der Waals surface area contributed by atoms with E-state index in [1.54, 1.807) is 35.3 Å². The van der Waals surface area contributed by atoms with E-state index in [1.165, 1.54) is 12.1 Å². The minimum atomic E-state index is -4.48. The fraction of sp³-hybridized carbons (Fsp3) is 0.259. The summed E-state index contributed by atoms with van der Waals surface area (Å²) in [6, 6.07) is 15.2. The number of hydrogen-bond acceptors (Lipinski definition) is 4. The third-order valence-corrected chi connectivity index (χ3v) is 7.59. The van der Waals surface area contributed by atoms with Crippen LogP contribution < -0.4 is 10.2 Å². The number of Topliss-reactive ketones (excluding diaryl/α,β-unsaturated/α-hetero) is 1. The minimum Gasteiger partial charge on any atom is -0.357 e. The van der Waals surface area contributed by atoms with Gasteiger partial charge in [0.05, 0.1) is 23.0 Å². The van der Waals surface area contributed by atoms with Gasteiger partial charge in [-0.25, -0.2) is 0 Å². The number of thiophene rings is 1. The standard InChI is InChI=1S/C27H23F3N2O2S/c1-2-24(34)32-21-7-4-3-6-19(21)31-20-14-17(23-8-5-13-35-23)15-22(33)25(20)26(32)16-9-11-18(12-10-16)27(28,29)30/h3-13,17,26,31H,2,14-15H2,1H3/t17-,26-/m1/s1. The molecule has 180 valence electrons. The van der Waals surface area contributed by atoms with E-state index in [4.69, 9.17) is 0 Å². The van der Waals surface area contributed by atoms with Crippen molar-refractivity contribution in [1.82, 2.24) is 0 Å². The third kappa shape index (κ3) is 4.27. The number of carbonyl (C=O) groups is 2. The lowest BCUT2D eigenvalue weighted by Gasteiger charge is -2.35. The van der Waals surface area contributed by atoms with Crippen LogP contribution >= 0.6 is 11.3 Å². The lowest BCUT2D eigenvalue weighted by Crippen LogP contribution is -2.38. The van der Waals surface area contributed by atoms with Gasteiger partial charge in [0.25, 0.3) is 0 Å². The Bertz CT molecular complexity index is 1300. The number of para-hydroxylation sites is 2. The molecule has 3 aromatic rings. The number of halogens is 3. The van der Waals surface area contributed by atoms with Crippen LogP contribution in [0, 0.1) is 0 Å². The van der Waals surface area contributed by atoms with E-state index in [9.17, 15) is 22.8 Å². The predicted octanol–water partition coefficient (Wildman–Crippen LogP) is 7.08. The van der Waals surface area contributed by atoms with Crippen molar-refractivity contribution in [3.8, 4) is 0 Å². The van der Waals surface area contributed by atoms with Crippen LogP contribution in [0.15, 0.2) is 77.3 Å². The topological polar surface area (TPSA) is 49.4 Å². The zero-order chi connectivity index (χ0) is 24.7. The molecule has 4 nitrogen and oxygen atoms in total. The second-order valence-corrected chi connectivity index (χ2v) is 9.70. The zero-order valence-electron chi connectivity index (χ0n) is 18.9. The van der Waals surface area contributed by atoms with Gasteiger partial charge in [-0.3, -0.25) is 14.5 Å². The van der Waals surface area contributed by atoms with Crippen molar-refractivity contribution >= 4 is 34.4 Å². The first-order valence-corrected chi connectivity index (χ1v) is 12.3. The van der Waals surface area contributed by atoms with Crippen LogP contribution in [0.3, 0.4) is 0 Å². The number of benzene rings is 2. The SMILES string of the molecule is CCC(=O)N1c2ccccc2NC2=C(C(=O)C[C@H](c3cccs3)C2)[C@H]1c1ccc(C(F)(F)F)cc1. The van der Waals surface area contributed by atoms with Crippen LogP contribution in [-0.4, -0.2) is 11.7 Å². The Hall–Kier alpha value is -3.39. The molecule has 5 rings (SSSR count). The Kier molecular flexibility index (Phi) is 6.01. The highest BCUT2D eigenvalue weighted by atomic mass is 32.1.